The van der Waals surface area contributed by atoms with Gasteiger partial charge in [0.05, 0.1) is 11.2 Å². The minimum absolute atomic E-state index is 0.920. The summed E-state index contributed by atoms with van der Waals surface area (Å²) in [6.45, 7) is 0. The summed E-state index contributed by atoms with van der Waals surface area (Å²) in [5, 5.41) is 7.72. The van der Waals surface area contributed by atoms with E-state index in [1.807, 2.05) is 18.3 Å². The maximum atomic E-state index is 5.11. The van der Waals surface area contributed by atoms with Crippen LogP contribution in [0.3, 0.4) is 0 Å². The second kappa shape index (κ2) is 8.64. The van der Waals surface area contributed by atoms with Crippen molar-refractivity contribution in [3.63, 3.8) is 0 Å². The van der Waals surface area contributed by atoms with Gasteiger partial charge in [-0.15, -0.1) is 0 Å². The van der Waals surface area contributed by atoms with Crippen LogP contribution in [0.4, 0.5) is 0 Å². The quantitative estimate of drug-likeness (QED) is 0.228. The van der Waals surface area contributed by atoms with Gasteiger partial charge in [0.1, 0.15) is 5.82 Å². The predicted molar refractivity (Wildman–Crippen MR) is 162 cm³/mol. The first-order valence-corrected chi connectivity index (χ1v) is 13.2. The number of aromatic nitrogens is 3. The van der Waals surface area contributed by atoms with Gasteiger partial charge in [-0.25, -0.2) is 4.98 Å². The zero-order chi connectivity index (χ0) is 25.8. The molecule has 8 aromatic rings. The van der Waals surface area contributed by atoms with Gasteiger partial charge in [0.2, 0.25) is 0 Å². The zero-order valence-electron chi connectivity index (χ0n) is 21.1. The van der Waals surface area contributed by atoms with Gasteiger partial charge in [-0.1, -0.05) is 84.9 Å². The van der Waals surface area contributed by atoms with Gasteiger partial charge in [0.25, 0.3) is 0 Å². The summed E-state index contributed by atoms with van der Waals surface area (Å²) in [5.74, 6) is 0.920. The van der Waals surface area contributed by atoms with Gasteiger partial charge >= 0.3 is 0 Å². The molecule has 0 saturated heterocycles. The Balaban J connectivity index is 1.32. The smallest absolute Gasteiger partial charge is 0.145 e. The molecule has 0 aliphatic carbocycles. The maximum absolute atomic E-state index is 5.11. The molecule has 3 aromatic heterocycles. The summed E-state index contributed by atoms with van der Waals surface area (Å²) in [6, 6.07) is 43.2. The van der Waals surface area contributed by atoms with Crippen LogP contribution in [0.15, 0.2) is 140 Å². The first kappa shape index (κ1) is 21.8. The second-order valence-corrected chi connectivity index (χ2v) is 9.91. The Morgan fingerprint density at radius 1 is 0.462 bits per heavy atom. The van der Waals surface area contributed by atoms with E-state index in [-0.39, 0.29) is 0 Å². The topological polar surface area (TPSA) is 30.2 Å². The summed E-state index contributed by atoms with van der Waals surface area (Å²) in [7, 11) is 0. The van der Waals surface area contributed by atoms with Crippen LogP contribution in [0.25, 0.3) is 71.6 Å². The van der Waals surface area contributed by atoms with Crippen molar-refractivity contribution in [2.75, 3.05) is 0 Å². The van der Waals surface area contributed by atoms with Gasteiger partial charge in [0.15, 0.2) is 0 Å². The highest BCUT2D eigenvalue weighted by molar-refractivity contribution is 6.25. The number of fused-ring (bicyclic) bond motifs is 7. The van der Waals surface area contributed by atoms with E-state index < -0.39 is 0 Å². The Morgan fingerprint density at radius 3 is 1.85 bits per heavy atom. The fraction of sp³-hybridized carbons (Fsp3) is 0. The first-order chi connectivity index (χ1) is 19.3. The van der Waals surface area contributed by atoms with Crippen LogP contribution < -0.4 is 0 Å². The van der Waals surface area contributed by atoms with Gasteiger partial charge in [-0.3, -0.25) is 9.38 Å². The lowest BCUT2D eigenvalue weighted by Gasteiger charge is -2.12. The number of rotatable bonds is 3. The van der Waals surface area contributed by atoms with E-state index in [4.69, 9.17) is 4.98 Å². The third kappa shape index (κ3) is 3.44. The Bertz CT molecular complexity index is 2140. The highest BCUT2D eigenvalue weighted by atomic mass is 15.0. The van der Waals surface area contributed by atoms with Gasteiger partial charge in [-0.2, -0.15) is 0 Å². The third-order valence-corrected chi connectivity index (χ3v) is 7.68. The van der Waals surface area contributed by atoms with Crippen molar-refractivity contribution in [3.8, 4) is 33.8 Å². The minimum atomic E-state index is 0.920. The van der Waals surface area contributed by atoms with E-state index in [1.165, 1.54) is 43.4 Å². The highest BCUT2D eigenvalue weighted by Gasteiger charge is 2.15. The molecule has 5 aromatic carbocycles. The SMILES string of the molecule is c1cncc(-c2nc(-c3cccc(-c4ccc5c6ccccc6c6ccccc6c5c4)c3)n3ccccc23)c1. The molecule has 8 rings (SSSR count). The number of nitrogens with zero attached hydrogens (tertiary/aromatic N) is 3. The molecule has 39 heavy (non-hydrogen) atoms. The molecule has 0 aliphatic heterocycles. The van der Waals surface area contributed by atoms with Crippen LogP contribution in [0.2, 0.25) is 0 Å². The Kier molecular flexibility index (Phi) is 4.82. The molecule has 0 unspecified atom stereocenters. The summed E-state index contributed by atoms with van der Waals surface area (Å²) in [5.41, 5.74) is 6.45. The largest absolute Gasteiger partial charge is 0.299 e. The van der Waals surface area contributed by atoms with Crippen LogP contribution >= 0.6 is 0 Å². The molecule has 0 amide bonds. The molecule has 3 heterocycles. The van der Waals surface area contributed by atoms with Crippen molar-refractivity contribution < 1.29 is 0 Å². The summed E-state index contributed by atoms with van der Waals surface area (Å²) >= 11 is 0. The van der Waals surface area contributed by atoms with Crippen molar-refractivity contribution >= 4 is 37.8 Å². The third-order valence-electron chi connectivity index (χ3n) is 7.68. The first-order valence-electron chi connectivity index (χ1n) is 13.2. The fourth-order valence-electron chi connectivity index (χ4n) is 5.88. The molecule has 0 radical (unpaired) electrons. The van der Waals surface area contributed by atoms with Gasteiger partial charge in [-0.05, 0) is 79.8 Å². The van der Waals surface area contributed by atoms with Crippen molar-refractivity contribution in [1.82, 2.24) is 14.4 Å². The van der Waals surface area contributed by atoms with E-state index in [1.54, 1.807) is 6.20 Å². The second-order valence-electron chi connectivity index (χ2n) is 9.91. The van der Waals surface area contributed by atoms with Crippen molar-refractivity contribution in [3.05, 3.63) is 140 Å². The standard InChI is InChI=1S/C36H23N3/c1-2-14-30-28(12-1)29-13-3-4-15-31(29)33-22-25(17-18-32(30)33)24-9-7-10-26(21-24)36-38-35(27-11-8-19-37-23-27)34-16-5-6-20-39(34)36/h1-23H. The Morgan fingerprint density at radius 2 is 1.10 bits per heavy atom. The van der Waals surface area contributed by atoms with Crippen LogP contribution in [0.5, 0.6) is 0 Å². The van der Waals surface area contributed by atoms with Crippen LogP contribution in [0.1, 0.15) is 0 Å². The number of hydrogen-bond acceptors (Lipinski definition) is 2. The lowest BCUT2D eigenvalue weighted by Crippen LogP contribution is -1.89. The summed E-state index contributed by atoms with van der Waals surface area (Å²) in [6.07, 6.45) is 5.75. The van der Waals surface area contributed by atoms with Crippen molar-refractivity contribution in [1.29, 1.82) is 0 Å². The van der Waals surface area contributed by atoms with Gasteiger partial charge < -0.3 is 0 Å². The van der Waals surface area contributed by atoms with E-state index in [0.717, 1.165) is 28.2 Å². The molecule has 0 bridgehead atoms. The molecule has 182 valence electrons. The molecule has 0 aliphatic rings. The van der Waals surface area contributed by atoms with Gasteiger partial charge in [0, 0.05) is 29.7 Å². The lowest BCUT2D eigenvalue weighted by atomic mass is 9.92. The fourth-order valence-corrected chi connectivity index (χ4v) is 5.88. The van der Waals surface area contributed by atoms with Crippen LogP contribution in [-0.4, -0.2) is 14.4 Å². The summed E-state index contributed by atoms with van der Waals surface area (Å²) in [4.78, 5) is 9.43. The number of benzene rings is 5. The molecule has 0 fully saturated rings. The average Bonchev–Trinajstić information content (AvgIpc) is 3.41. The van der Waals surface area contributed by atoms with E-state index in [0.29, 0.717) is 0 Å². The van der Waals surface area contributed by atoms with E-state index >= 15 is 0 Å². The summed E-state index contributed by atoms with van der Waals surface area (Å²) < 4.78 is 2.17. The molecule has 0 saturated carbocycles. The van der Waals surface area contributed by atoms with E-state index in [9.17, 15) is 0 Å². The molecule has 3 heteroatoms. The average molecular weight is 498 g/mol. The maximum Gasteiger partial charge on any atom is 0.145 e. The Hall–Kier alpha value is -5.28. The number of pyridine rings is 2. The molecule has 0 atom stereocenters. The highest BCUT2D eigenvalue weighted by Crippen LogP contribution is 2.38. The zero-order valence-corrected chi connectivity index (χ0v) is 21.1. The van der Waals surface area contributed by atoms with Crippen molar-refractivity contribution in [2.45, 2.75) is 0 Å². The van der Waals surface area contributed by atoms with Crippen LogP contribution in [0, 0.1) is 0 Å². The minimum Gasteiger partial charge on any atom is -0.299 e. The Labute approximate surface area is 225 Å². The van der Waals surface area contributed by atoms with E-state index in [2.05, 4.69) is 125 Å². The normalized spacial score (nSPS) is 11.6. The number of imidazole rings is 1. The molecule has 3 nitrogen and oxygen atoms in total. The lowest BCUT2D eigenvalue weighted by molar-refractivity contribution is 1.16. The van der Waals surface area contributed by atoms with Crippen LogP contribution in [-0.2, 0) is 0 Å². The molecule has 0 spiro atoms. The predicted octanol–water partition coefficient (Wildman–Crippen LogP) is 9.19. The molecular formula is C36H23N3. The molecule has 0 N–H and O–H groups in total. The number of hydrogen-bond donors (Lipinski definition) is 0. The molecular weight excluding hydrogens is 474 g/mol. The van der Waals surface area contributed by atoms with Crippen molar-refractivity contribution in [2.24, 2.45) is 0 Å². The monoisotopic (exact) mass is 497 g/mol.